The maximum absolute atomic E-state index is 12.2. The molecule has 0 aromatic heterocycles. The van der Waals surface area contributed by atoms with Gasteiger partial charge in [0.2, 0.25) is 0 Å². The minimum Gasteiger partial charge on any atom is -0.461 e. The monoisotopic (exact) mass is 376 g/mol. The highest BCUT2D eigenvalue weighted by atomic mass is 35.5. The highest BCUT2D eigenvalue weighted by Gasteiger charge is 2.43. The van der Waals surface area contributed by atoms with Crippen LogP contribution in [0.3, 0.4) is 0 Å². The van der Waals surface area contributed by atoms with Gasteiger partial charge in [-0.25, -0.2) is 4.79 Å². The average Bonchev–Trinajstić information content (AvgIpc) is 2.95. The lowest BCUT2D eigenvalue weighted by molar-refractivity contribution is -0.135. The Bertz CT molecular complexity index is 803. The number of carbonyl (C=O) groups excluding carboxylic acids is 1. The molecule has 1 aliphatic heterocycles. The summed E-state index contributed by atoms with van der Waals surface area (Å²) in [6.45, 7) is 4.14. The van der Waals surface area contributed by atoms with Crippen LogP contribution in [0.15, 0.2) is 53.6 Å². The number of benzene rings is 2. The molecule has 130 valence electrons. The predicted molar refractivity (Wildman–Crippen MR) is 101 cm³/mol. The number of esters is 1. The van der Waals surface area contributed by atoms with Gasteiger partial charge < -0.3 is 4.74 Å². The van der Waals surface area contributed by atoms with Crippen molar-refractivity contribution in [3.63, 3.8) is 0 Å². The highest BCUT2D eigenvalue weighted by molar-refractivity contribution is 6.37. The van der Waals surface area contributed by atoms with Gasteiger partial charge in [0.05, 0.1) is 17.8 Å². The molecule has 0 radical (unpaired) electrons. The summed E-state index contributed by atoms with van der Waals surface area (Å²) in [5.74, 6) is -0.390. The van der Waals surface area contributed by atoms with Gasteiger partial charge in [-0.2, -0.15) is 5.10 Å². The number of halogens is 2. The van der Waals surface area contributed by atoms with Crippen molar-refractivity contribution in [2.75, 3.05) is 11.6 Å². The van der Waals surface area contributed by atoms with Crippen molar-refractivity contribution in [1.82, 2.24) is 0 Å². The van der Waals surface area contributed by atoms with Gasteiger partial charge in [-0.3, -0.25) is 5.01 Å². The standard InChI is InChI=1S/C19H18Cl2N2O2/c1-3-25-18(24)17-12-19(2,13-4-6-14(20)7-5-13)23(22-17)16-10-8-15(21)9-11-16/h4-11H,3,12H2,1-2H3. The molecule has 0 aliphatic carbocycles. The highest BCUT2D eigenvalue weighted by Crippen LogP contribution is 2.41. The van der Waals surface area contributed by atoms with E-state index in [1.165, 1.54) is 0 Å². The molecule has 6 heteroatoms. The third-order valence-corrected chi connectivity index (χ3v) is 4.75. The molecular weight excluding hydrogens is 359 g/mol. The lowest BCUT2D eigenvalue weighted by Gasteiger charge is -2.35. The van der Waals surface area contributed by atoms with Crippen LogP contribution in [-0.4, -0.2) is 18.3 Å². The Morgan fingerprint density at radius 2 is 1.68 bits per heavy atom. The number of hydrazone groups is 1. The van der Waals surface area contributed by atoms with E-state index >= 15 is 0 Å². The molecule has 0 fully saturated rings. The van der Waals surface area contributed by atoms with E-state index in [-0.39, 0.29) is 5.97 Å². The van der Waals surface area contributed by atoms with E-state index in [1.54, 1.807) is 19.1 Å². The molecular formula is C19H18Cl2N2O2. The van der Waals surface area contributed by atoms with Crippen molar-refractivity contribution in [3.8, 4) is 0 Å². The fourth-order valence-electron chi connectivity index (χ4n) is 2.95. The van der Waals surface area contributed by atoms with E-state index in [0.717, 1.165) is 11.3 Å². The molecule has 4 nitrogen and oxygen atoms in total. The Kier molecular flexibility index (Phi) is 5.02. The maximum atomic E-state index is 12.2. The number of hydrogen-bond acceptors (Lipinski definition) is 4. The second-order valence-corrected chi connectivity index (χ2v) is 6.89. The van der Waals surface area contributed by atoms with Crippen molar-refractivity contribution in [3.05, 3.63) is 64.1 Å². The third-order valence-electron chi connectivity index (χ3n) is 4.25. The van der Waals surface area contributed by atoms with Gasteiger partial charge in [0.1, 0.15) is 5.71 Å². The maximum Gasteiger partial charge on any atom is 0.354 e. The third kappa shape index (κ3) is 3.51. The number of anilines is 1. The van der Waals surface area contributed by atoms with E-state index in [0.29, 0.717) is 28.8 Å². The number of ether oxygens (including phenoxy) is 1. The summed E-state index contributed by atoms with van der Waals surface area (Å²) in [4.78, 5) is 12.2. The van der Waals surface area contributed by atoms with E-state index < -0.39 is 5.54 Å². The molecule has 0 bridgehead atoms. The Balaban J connectivity index is 2.04. The molecule has 0 saturated heterocycles. The molecule has 1 unspecified atom stereocenters. The minimum atomic E-state index is -0.527. The van der Waals surface area contributed by atoms with Crippen LogP contribution in [0.4, 0.5) is 5.69 Å². The largest absolute Gasteiger partial charge is 0.461 e. The Labute approximate surface area is 157 Å². The quantitative estimate of drug-likeness (QED) is 0.702. The fraction of sp³-hybridized carbons (Fsp3) is 0.263. The van der Waals surface area contributed by atoms with Crippen LogP contribution in [-0.2, 0) is 15.1 Å². The van der Waals surface area contributed by atoms with Crippen molar-refractivity contribution in [1.29, 1.82) is 0 Å². The molecule has 1 aliphatic rings. The predicted octanol–water partition coefficient (Wildman–Crippen LogP) is 5.04. The van der Waals surface area contributed by atoms with E-state index in [1.807, 2.05) is 48.3 Å². The summed E-state index contributed by atoms with van der Waals surface area (Å²) >= 11 is 12.0. The molecule has 1 heterocycles. The van der Waals surface area contributed by atoms with E-state index in [9.17, 15) is 4.79 Å². The van der Waals surface area contributed by atoms with Crippen LogP contribution < -0.4 is 5.01 Å². The van der Waals surface area contributed by atoms with Crippen molar-refractivity contribution in [2.45, 2.75) is 25.8 Å². The molecule has 0 N–H and O–H groups in total. The molecule has 2 aromatic rings. The number of nitrogens with zero attached hydrogens (tertiary/aromatic N) is 2. The van der Waals surface area contributed by atoms with Gasteiger partial charge in [0.25, 0.3) is 0 Å². The normalized spacial score (nSPS) is 19.7. The minimum absolute atomic E-state index is 0.316. The van der Waals surface area contributed by atoms with Gasteiger partial charge in [-0.05, 0) is 55.8 Å². The second-order valence-electron chi connectivity index (χ2n) is 6.01. The number of rotatable bonds is 4. The molecule has 3 rings (SSSR count). The second kappa shape index (κ2) is 7.06. The lowest BCUT2D eigenvalue weighted by atomic mass is 9.87. The summed E-state index contributed by atoms with van der Waals surface area (Å²) < 4.78 is 5.14. The zero-order chi connectivity index (χ0) is 18.0. The number of carbonyl (C=O) groups is 1. The summed E-state index contributed by atoms with van der Waals surface area (Å²) in [7, 11) is 0. The van der Waals surface area contributed by atoms with Gasteiger partial charge in [-0.1, -0.05) is 35.3 Å². The molecule has 1 atom stereocenters. The topological polar surface area (TPSA) is 41.9 Å². The van der Waals surface area contributed by atoms with Crippen LogP contribution in [0.1, 0.15) is 25.8 Å². The first-order chi connectivity index (χ1) is 11.9. The van der Waals surface area contributed by atoms with Gasteiger partial charge >= 0.3 is 5.97 Å². The Morgan fingerprint density at radius 1 is 1.12 bits per heavy atom. The molecule has 0 spiro atoms. The number of hydrogen-bond donors (Lipinski definition) is 0. The molecule has 2 aromatic carbocycles. The molecule has 25 heavy (non-hydrogen) atoms. The van der Waals surface area contributed by atoms with Crippen molar-refractivity contribution in [2.24, 2.45) is 5.10 Å². The van der Waals surface area contributed by atoms with Gasteiger partial charge in [0.15, 0.2) is 0 Å². The van der Waals surface area contributed by atoms with Gasteiger partial charge in [-0.15, -0.1) is 0 Å². The summed E-state index contributed by atoms with van der Waals surface area (Å²) in [5, 5.41) is 7.71. The van der Waals surface area contributed by atoms with Crippen molar-refractivity contribution < 1.29 is 9.53 Å². The molecule has 0 saturated carbocycles. The Morgan fingerprint density at radius 3 is 2.24 bits per heavy atom. The fourth-order valence-corrected chi connectivity index (χ4v) is 3.20. The zero-order valence-electron chi connectivity index (χ0n) is 14.0. The molecule has 0 amide bonds. The SMILES string of the molecule is CCOC(=O)C1=NN(c2ccc(Cl)cc2)C(C)(c2ccc(Cl)cc2)C1. The summed E-state index contributed by atoms with van der Waals surface area (Å²) in [6, 6.07) is 15.0. The van der Waals surface area contributed by atoms with Gasteiger partial charge in [0, 0.05) is 16.5 Å². The average molecular weight is 377 g/mol. The van der Waals surface area contributed by atoms with E-state index in [4.69, 9.17) is 27.9 Å². The van der Waals surface area contributed by atoms with Crippen LogP contribution in [0.25, 0.3) is 0 Å². The Hall–Kier alpha value is -2.04. The van der Waals surface area contributed by atoms with Crippen LogP contribution in [0.2, 0.25) is 10.0 Å². The first kappa shape index (κ1) is 17.8. The van der Waals surface area contributed by atoms with E-state index in [2.05, 4.69) is 5.10 Å². The lowest BCUT2D eigenvalue weighted by Crippen LogP contribution is -2.37. The smallest absolute Gasteiger partial charge is 0.354 e. The summed E-state index contributed by atoms with van der Waals surface area (Å²) in [6.07, 6.45) is 0.441. The zero-order valence-corrected chi connectivity index (χ0v) is 15.5. The first-order valence-corrected chi connectivity index (χ1v) is 8.76. The van der Waals surface area contributed by atoms with Crippen LogP contribution >= 0.6 is 23.2 Å². The van der Waals surface area contributed by atoms with Crippen LogP contribution in [0.5, 0.6) is 0 Å². The summed E-state index contributed by atoms with van der Waals surface area (Å²) in [5.41, 5.74) is 1.73. The van der Waals surface area contributed by atoms with Crippen molar-refractivity contribution >= 4 is 40.6 Å². The van der Waals surface area contributed by atoms with Crippen LogP contribution in [0, 0.1) is 0 Å². The first-order valence-electron chi connectivity index (χ1n) is 8.00.